The van der Waals surface area contributed by atoms with E-state index in [4.69, 9.17) is 14.6 Å². The van der Waals surface area contributed by atoms with Gasteiger partial charge in [0.1, 0.15) is 0 Å². The molecule has 130 valence electrons. The van der Waals surface area contributed by atoms with Gasteiger partial charge < -0.3 is 19.9 Å². The molecule has 2 N–H and O–H groups in total. The smallest absolute Gasteiger partial charge is 0.335 e. The molecular formula is C18H22ClNO4. The summed E-state index contributed by atoms with van der Waals surface area (Å²) < 4.78 is 11.0. The van der Waals surface area contributed by atoms with Crippen LogP contribution in [0.5, 0.6) is 11.5 Å². The molecule has 0 spiro atoms. The van der Waals surface area contributed by atoms with Crippen molar-refractivity contribution in [3.05, 3.63) is 59.2 Å². The molecular weight excluding hydrogens is 330 g/mol. The monoisotopic (exact) mass is 351 g/mol. The predicted octanol–water partition coefficient (Wildman–Crippen LogP) is 3.50. The summed E-state index contributed by atoms with van der Waals surface area (Å²) in [6, 6.07) is 12.6. The van der Waals surface area contributed by atoms with Gasteiger partial charge in [0, 0.05) is 18.7 Å². The molecule has 0 aliphatic carbocycles. The molecule has 0 bridgehead atoms. The molecule has 0 saturated carbocycles. The third-order valence-electron chi connectivity index (χ3n) is 3.41. The number of methoxy groups -OCH3 is 1. The minimum atomic E-state index is -0.915. The maximum atomic E-state index is 10.8. The summed E-state index contributed by atoms with van der Waals surface area (Å²) >= 11 is 0. The van der Waals surface area contributed by atoms with Crippen LogP contribution in [0.3, 0.4) is 0 Å². The van der Waals surface area contributed by atoms with Crippen molar-refractivity contribution in [2.75, 3.05) is 13.7 Å². The maximum Gasteiger partial charge on any atom is 0.335 e. The van der Waals surface area contributed by atoms with Crippen LogP contribution in [0.25, 0.3) is 0 Å². The fourth-order valence-electron chi connectivity index (χ4n) is 2.28. The van der Waals surface area contributed by atoms with Gasteiger partial charge in [0.15, 0.2) is 11.5 Å². The molecule has 0 saturated heterocycles. The number of carbonyl (C=O) groups is 1. The molecule has 2 aromatic carbocycles. The quantitative estimate of drug-likeness (QED) is 0.761. The number of aromatic carboxylic acids is 1. The molecule has 0 unspecified atom stereocenters. The van der Waals surface area contributed by atoms with Crippen LogP contribution < -0.4 is 14.8 Å². The molecule has 0 atom stereocenters. The zero-order valence-corrected chi connectivity index (χ0v) is 14.6. The Balaban J connectivity index is 0.00000288. The van der Waals surface area contributed by atoms with E-state index in [0.29, 0.717) is 25.3 Å². The van der Waals surface area contributed by atoms with Gasteiger partial charge in [-0.3, -0.25) is 0 Å². The summed E-state index contributed by atoms with van der Waals surface area (Å²) in [6.45, 7) is 3.79. The number of halogens is 1. The van der Waals surface area contributed by atoms with Crippen LogP contribution in [-0.2, 0) is 13.1 Å². The van der Waals surface area contributed by atoms with Gasteiger partial charge in [-0.2, -0.15) is 0 Å². The van der Waals surface area contributed by atoms with Crippen molar-refractivity contribution in [2.24, 2.45) is 0 Å². The average Bonchev–Trinajstić information content (AvgIpc) is 2.56. The topological polar surface area (TPSA) is 67.8 Å². The van der Waals surface area contributed by atoms with Crippen molar-refractivity contribution in [3.63, 3.8) is 0 Å². The highest BCUT2D eigenvalue weighted by atomic mass is 35.5. The average molecular weight is 352 g/mol. The first-order valence-electron chi connectivity index (χ1n) is 7.47. The zero-order valence-electron chi connectivity index (χ0n) is 13.7. The van der Waals surface area contributed by atoms with Gasteiger partial charge in [0.2, 0.25) is 0 Å². The minimum Gasteiger partial charge on any atom is -0.493 e. The number of benzene rings is 2. The fraction of sp³-hybridized carbons (Fsp3) is 0.278. The number of carboxylic acids is 1. The third kappa shape index (κ3) is 5.15. The van der Waals surface area contributed by atoms with Crippen molar-refractivity contribution >= 4 is 18.4 Å². The Hall–Kier alpha value is -2.24. The van der Waals surface area contributed by atoms with Gasteiger partial charge in [0.05, 0.1) is 19.3 Å². The second-order valence-corrected chi connectivity index (χ2v) is 4.99. The van der Waals surface area contributed by atoms with E-state index in [1.54, 1.807) is 19.2 Å². The van der Waals surface area contributed by atoms with Gasteiger partial charge in [-0.1, -0.05) is 24.3 Å². The molecule has 2 aromatic rings. The summed E-state index contributed by atoms with van der Waals surface area (Å²) in [5.74, 6) is 0.561. The van der Waals surface area contributed by atoms with Crippen LogP contribution in [-0.4, -0.2) is 24.8 Å². The summed E-state index contributed by atoms with van der Waals surface area (Å²) in [6.07, 6.45) is 0. The first kappa shape index (κ1) is 19.8. The second kappa shape index (κ2) is 9.80. The molecule has 0 heterocycles. The highest BCUT2D eigenvalue weighted by Crippen LogP contribution is 2.31. The lowest BCUT2D eigenvalue weighted by Crippen LogP contribution is -2.14. The van der Waals surface area contributed by atoms with Crippen molar-refractivity contribution in [2.45, 2.75) is 20.0 Å². The number of hydrogen-bond acceptors (Lipinski definition) is 4. The molecule has 0 aromatic heterocycles. The van der Waals surface area contributed by atoms with E-state index in [2.05, 4.69) is 5.32 Å². The van der Waals surface area contributed by atoms with Crippen LogP contribution >= 0.6 is 12.4 Å². The summed E-state index contributed by atoms with van der Waals surface area (Å²) in [7, 11) is 1.62. The largest absolute Gasteiger partial charge is 0.493 e. The Labute approximate surface area is 148 Å². The molecule has 0 radical (unpaired) electrons. The molecule has 0 amide bonds. The van der Waals surface area contributed by atoms with Crippen molar-refractivity contribution in [3.8, 4) is 11.5 Å². The number of carboxylic acid groups (broad SMARTS) is 1. The van der Waals surface area contributed by atoms with Gasteiger partial charge in [-0.25, -0.2) is 4.79 Å². The molecule has 6 heteroatoms. The standard InChI is InChI=1S/C18H21NO4.ClH/c1-3-23-17-15(5-4-6-16(17)22-2)12-19-11-13-7-9-14(10-8-13)18(20)21;/h4-10,19H,3,11-12H2,1-2H3,(H,20,21);1H. The first-order valence-corrected chi connectivity index (χ1v) is 7.47. The van der Waals surface area contributed by atoms with E-state index in [0.717, 1.165) is 22.6 Å². The molecule has 0 aliphatic heterocycles. The number of para-hydroxylation sites is 1. The normalized spacial score (nSPS) is 9.92. The number of ether oxygens (including phenoxy) is 2. The van der Waals surface area contributed by atoms with E-state index >= 15 is 0 Å². The van der Waals surface area contributed by atoms with Crippen LogP contribution in [0.1, 0.15) is 28.4 Å². The highest BCUT2D eigenvalue weighted by Gasteiger charge is 2.09. The molecule has 2 rings (SSSR count). The van der Waals surface area contributed by atoms with Gasteiger partial charge in [0.25, 0.3) is 0 Å². The third-order valence-corrected chi connectivity index (χ3v) is 3.41. The van der Waals surface area contributed by atoms with E-state index in [1.165, 1.54) is 0 Å². The number of hydrogen-bond donors (Lipinski definition) is 2. The lowest BCUT2D eigenvalue weighted by atomic mass is 10.1. The Bertz CT molecular complexity index is 659. The van der Waals surface area contributed by atoms with E-state index in [-0.39, 0.29) is 12.4 Å². The molecule has 24 heavy (non-hydrogen) atoms. The van der Waals surface area contributed by atoms with Crippen molar-refractivity contribution < 1.29 is 19.4 Å². The van der Waals surface area contributed by atoms with Crippen molar-refractivity contribution in [1.82, 2.24) is 5.32 Å². The molecule has 0 aliphatic rings. The summed E-state index contributed by atoms with van der Waals surface area (Å²) in [5.41, 5.74) is 2.34. The van der Waals surface area contributed by atoms with Crippen LogP contribution in [0.4, 0.5) is 0 Å². The second-order valence-electron chi connectivity index (χ2n) is 4.99. The lowest BCUT2D eigenvalue weighted by Gasteiger charge is -2.14. The summed E-state index contributed by atoms with van der Waals surface area (Å²) in [5, 5.41) is 12.2. The fourth-order valence-corrected chi connectivity index (χ4v) is 2.28. The lowest BCUT2D eigenvalue weighted by molar-refractivity contribution is 0.0697. The van der Waals surface area contributed by atoms with Gasteiger partial charge >= 0.3 is 5.97 Å². The Morgan fingerprint density at radius 3 is 2.42 bits per heavy atom. The van der Waals surface area contributed by atoms with Crippen LogP contribution in [0, 0.1) is 0 Å². The maximum absolute atomic E-state index is 10.8. The number of nitrogens with one attached hydrogen (secondary N) is 1. The van der Waals surface area contributed by atoms with E-state index in [1.807, 2.05) is 37.3 Å². The highest BCUT2D eigenvalue weighted by molar-refractivity contribution is 5.87. The van der Waals surface area contributed by atoms with E-state index in [9.17, 15) is 4.79 Å². The van der Waals surface area contributed by atoms with Gasteiger partial charge in [-0.05, 0) is 30.7 Å². The zero-order chi connectivity index (χ0) is 16.7. The number of rotatable bonds is 8. The first-order chi connectivity index (χ1) is 11.2. The van der Waals surface area contributed by atoms with Crippen molar-refractivity contribution in [1.29, 1.82) is 0 Å². The van der Waals surface area contributed by atoms with E-state index < -0.39 is 5.97 Å². The predicted molar refractivity (Wildman–Crippen MR) is 95.4 cm³/mol. The van der Waals surface area contributed by atoms with Crippen LogP contribution in [0.15, 0.2) is 42.5 Å². The molecule has 5 nitrogen and oxygen atoms in total. The Morgan fingerprint density at radius 2 is 1.83 bits per heavy atom. The Kier molecular flexibility index (Phi) is 8.09. The molecule has 0 fully saturated rings. The summed E-state index contributed by atoms with van der Waals surface area (Å²) in [4.78, 5) is 10.8. The Morgan fingerprint density at radius 1 is 1.12 bits per heavy atom. The van der Waals surface area contributed by atoms with Crippen LogP contribution in [0.2, 0.25) is 0 Å². The van der Waals surface area contributed by atoms with Gasteiger partial charge in [-0.15, -0.1) is 12.4 Å². The minimum absolute atomic E-state index is 0. The SMILES string of the molecule is CCOc1c(CNCc2ccc(C(=O)O)cc2)cccc1OC.Cl.